The van der Waals surface area contributed by atoms with Crippen molar-refractivity contribution in [3.8, 4) is 11.5 Å². The highest BCUT2D eigenvalue weighted by Crippen LogP contribution is 2.27. The molecule has 0 aliphatic carbocycles. The smallest absolute Gasteiger partial charge is 0.338 e. The van der Waals surface area contributed by atoms with E-state index < -0.39 is 17.9 Å². The molecule has 0 spiro atoms. The van der Waals surface area contributed by atoms with E-state index in [4.69, 9.17) is 14.2 Å². The molecule has 0 radical (unpaired) electrons. The predicted molar refractivity (Wildman–Crippen MR) is 91.7 cm³/mol. The van der Waals surface area contributed by atoms with Crippen LogP contribution < -0.4 is 4.74 Å². The van der Waals surface area contributed by atoms with Gasteiger partial charge >= 0.3 is 17.9 Å². The molecule has 0 heterocycles. The molecule has 0 unspecified atom stereocenters. The minimum absolute atomic E-state index is 0.0275. The quantitative estimate of drug-likeness (QED) is 0.599. The average molecular weight is 358 g/mol. The van der Waals surface area contributed by atoms with Gasteiger partial charge < -0.3 is 18.9 Å². The van der Waals surface area contributed by atoms with Crippen LogP contribution in [-0.4, -0.2) is 39.2 Å². The van der Waals surface area contributed by atoms with Crippen LogP contribution in [0.3, 0.4) is 0 Å². The first-order valence-corrected chi connectivity index (χ1v) is 7.58. The van der Waals surface area contributed by atoms with Gasteiger partial charge in [-0.15, -0.1) is 0 Å². The van der Waals surface area contributed by atoms with Gasteiger partial charge in [-0.25, -0.2) is 14.4 Å². The lowest BCUT2D eigenvalue weighted by Gasteiger charge is -2.11. The van der Waals surface area contributed by atoms with Crippen LogP contribution in [0, 0.1) is 6.92 Å². The van der Waals surface area contributed by atoms with E-state index in [-0.39, 0.29) is 11.1 Å². The second kappa shape index (κ2) is 8.15. The molecule has 0 aliphatic heterocycles. The van der Waals surface area contributed by atoms with Gasteiger partial charge in [-0.2, -0.15) is 0 Å². The first-order valence-electron chi connectivity index (χ1n) is 7.58. The molecule has 0 fully saturated rings. The normalized spacial score (nSPS) is 10.0. The third-order valence-corrected chi connectivity index (χ3v) is 3.64. The van der Waals surface area contributed by atoms with Crippen LogP contribution in [0.1, 0.15) is 36.6 Å². The molecule has 0 atom stereocenters. The molecule has 2 rings (SSSR count). The Balaban J connectivity index is 2.35. The molecule has 7 nitrogen and oxygen atoms in total. The Bertz CT molecular complexity index is 855. The number of benzene rings is 2. The maximum atomic E-state index is 11.9. The van der Waals surface area contributed by atoms with Crippen molar-refractivity contribution in [3.05, 3.63) is 58.7 Å². The van der Waals surface area contributed by atoms with Gasteiger partial charge in [-0.1, -0.05) is 0 Å². The van der Waals surface area contributed by atoms with E-state index in [9.17, 15) is 14.4 Å². The number of hydrogen-bond donors (Lipinski definition) is 0. The maximum Gasteiger partial charge on any atom is 0.338 e. The van der Waals surface area contributed by atoms with E-state index in [2.05, 4.69) is 4.74 Å². The Kier molecular flexibility index (Phi) is 5.95. The highest BCUT2D eigenvalue weighted by molar-refractivity contribution is 6.03. The van der Waals surface area contributed by atoms with Crippen molar-refractivity contribution in [3.63, 3.8) is 0 Å². The molecule has 136 valence electrons. The first-order chi connectivity index (χ1) is 12.4. The lowest BCUT2D eigenvalue weighted by atomic mass is 10.1. The lowest BCUT2D eigenvalue weighted by molar-refractivity contribution is 0.0555. The SMILES string of the molecule is COC(=O)c1ccc(Oc2ccc(C(=O)OC)c(C(=O)OC)c2)cc1C. The summed E-state index contributed by atoms with van der Waals surface area (Å²) in [6.07, 6.45) is 0. The number of esters is 3. The largest absolute Gasteiger partial charge is 0.465 e. The second-order valence-corrected chi connectivity index (χ2v) is 5.26. The molecule has 7 heteroatoms. The summed E-state index contributed by atoms with van der Waals surface area (Å²) in [5.41, 5.74) is 1.20. The summed E-state index contributed by atoms with van der Waals surface area (Å²) in [4.78, 5) is 35.3. The van der Waals surface area contributed by atoms with Crippen molar-refractivity contribution < 1.29 is 33.3 Å². The van der Waals surface area contributed by atoms with Crippen LogP contribution in [0.25, 0.3) is 0 Å². The Morgan fingerprint density at radius 3 is 1.65 bits per heavy atom. The van der Waals surface area contributed by atoms with Gasteiger partial charge in [-0.3, -0.25) is 0 Å². The molecular weight excluding hydrogens is 340 g/mol. The van der Waals surface area contributed by atoms with Crippen molar-refractivity contribution >= 4 is 17.9 Å². The second-order valence-electron chi connectivity index (χ2n) is 5.26. The molecule has 2 aromatic rings. The number of hydrogen-bond acceptors (Lipinski definition) is 7. The van der Waals surface area contributed by atoms with E-state index in [0.717, 1.165) is 0 Å². The molecule has 26 heavy (non-hydrogen) atoms. The zero-order valence-corrected chi connectivity index (χ0v) is 14.8. The van der Waals surface area contributed by atoms with Gasteiger partial charge in [0.05, 0.1) is 38.0 Å². The number of carbonyl (C=O) groups excluding carboxylic acids is 3. The first kappa shape index (κ1) is 19.0. The van der Waals surface area contributed by atoms with Crippen molar-refractivity contribution in [1.82, 2.24) is 0 Å². The summed E-state index contributed by atoms with van der Waals surface area (Å²) >= 11 is 0. The van der Waals surface area contributed by atoms with Crippen LogP contribution in [0.15, 0.2) is 36.4 Å². The molecule has 0 amide bonds. The van der Waals surface area contributed by atoms with E-state index in [1.807, 2.05) is 0 Å². The maximum absolute atomic E-state index is 11.9. The minimum Gasteiger partial charge on any atom is -0.465 e. The number of ether oxygens (including phenoxy) is 4. The van der Waals surface area contributed by atoms with E-state index in [1.54, 1.807) is 25.1 Å². The highest BCUT2D eigenvalue weighted by atomic mass is 16.5. The third-order valence-electron chi connectivity index (χ3n) is 3.64. The van der Waals surface area contributed by atoms with Crippen molar-refractivity contribution in [2.75, 3.05) is 21.3 Å². The van der Waals surface area contributed by atoms with E-state index in [0.29, 0.717) is 22.6 Å². The van der Waals surface area contributed by atoms with E-state index in [1.165, 1.54) is 39.5 Å². The number of methoxy groups -OCH3 is 3. The summed E-state index contributed by atoms with van der Waals surface area (Å²) in [5, 5.41) is 0. The standard InChI is InChI=1S/C19H18O7/c1-11-9-12(5-7-14(11)17(20)23-2)26-13-6-8-15(18(21)24-3)16(10-13)19(22)25-4/h5-10H,1-4H3. The lowest BCUT2D eigenvalue weighted by Crippen LogP contribution is -2.11. The fourth-order valence-electron chi connectivity index (χ4n) is 2.33. The summed E-state index contributed by atoms with van der Waals surface area (Å²) in [6.45, 7) is 1.75. The van der Waals surface area contributed by atoms with Crippen LogP contribution in [-0.2, 0) is 14.2 Å². The number of carbonyl (C=O) groups is 3. The van der Waals surface area contributed by atoms with Gasteiger partial charge in [0.15, 0.2) is 0 Å². The molecule has 0 aliphatic rings. The predicted octanol–water partition coefficient (Wildman–Crippen LogP) is 3.15. The zero-order chi connectivity index (χ0) is 19.3. The van der Waals surface area contributed by atoms with Crippen LogP contribution >= 0.6 is 0 Å². The summed E-state index contributed by atoms with van der Waals surface area (Å²) in [6, 6.07) is 9.19. The molecule has 2 aromatic carbocycles. The third kappa shape index (κ3) is 4.00. The minimum atomic E-state index is -0.687. The monoisotopic (exact) mass is 358 g/mol. The van der Waals surface area contributed by atoms with Crippen LogP contribution in [0.5, 0.6) is 11.5 Å². The highest BCUT2D eigenvalue weighted by Gasteiger charge is 2.19. The molecule has 0 saturated heterocycles. The van der Waals surface area contributed by atoms with Gasteiger partial charge in [0, 0.05) is 0 Å². The fraction of sp³-hybridized carbons (Fsp3) is 0.211. The molecule has 0 N–H and O–H groups in total. The van der Waals surface area contributed by atoms with Gasteiger partial charge in [0.25, 0.3) is 0 Å². The Hall–Kier alpha value is -3.35. The van der Waals surface area contributed by atoms with Gasteiger partial charge in [0.1, 0.15) is 11.5 Å². The number of aryl methyl sites for hydroxylation is 1. The summed E-state index contributed by atoms with van der Waals surface area (Å²) in [7, 11) is 3.74. The fourth-order valence-corrected chi connectivity index (χ4v) is 2.33. The van der Waals surface area contributed by atoms with Crippen LogP contribution in [0.2, 0.25) is 0 Å². The summed E-state index contributed by atoms with van der Waals surface area (Å²) < 4.78 is 19.8. The Morgan fingerprint density at radius 2 is 1.12 bits per heavy atom. The van der Waals surface area contributed by atoms with Gasteiger partial charge in [-0.05, 0) is 48.9 Å². The molecular formula is C19H18O7. The van der Waals surface area contributed by atoms with Crippen molar-refractivity contribution in [2.24, 2.45) is 0 Å². The van der Waals surface area contributed by atoms with Crippen molar-refractivity contribution in [2.45, 2.75) is 6.92 Å². The van der Waals surface area contributed by atoms with Crippen molar-refractivity contribution in [1.29, 1.82) is 0 Å². The number of rotatable bonds is 5. The molecule has 0 aromatic heterocycles. The van der Waals surface area contributed by atoms with Crippen LogP contribution in [0.4, 0.5) is 0 Å². The Labute approximate surface area is 150 Å². The molecule has 0 saturated carbocycles. The average Bonchev–Trinajstić information content (AvgIpc) is 2.66. The topological polar surface area (TPSA) is 88.1 Å². The zero-order valence-electron chi connectivity index (χ0n) is 14.8. The molecule has 0 bridgehead atoms. The van der Waals surface area contributed by atoms with E-state index >= 15 is 0 Å². The van der Waals surface area contributed by atoms with Gasteiger partial charge in [0.2, 0.25) is 0 Å². The Morgan fingerprint density at radius 1 is 0.654 bits per heavy atom. The summed E-state index contributed by atoms with van der Waals surface area (Å²) in [5.74, 6) is -1.01.